The third-order valence-electron chi connectivity index (χ3n) is 2.70. The zero-order valence-electron chi connectivity index (χ0n) is 12.0. The number of nitro benzene ring substituents is 1. The molecule has 0 aliphatic carbocycles. The quantitative estimate of drug-likeness (QED) is 0.623. The molecule has 1 aromatic carbocycles. The molecule has 0 radical (unpaired) electrons. The van der Waals surface area contributed by atoms with Gasteiger partial charge < -0.3 is 15.3 Å². The third-order valence-corrected chi connectivity index (χ3v) is 2.70. The van der Waals surface area contributed by atoms with Crippen molar-refractivity contribution in [3.05, 3.63) is 33.9 Å². The van der Waals surface area contributed by atoms with E-state index in [9.17, 15) is 20.0 Å². The first-order valence-electron chi connectivity index (χ1n) is 6.10. The number of aliphatic hydroxyl groups is 1. The van der Waals surface area contributed by atoms with Gasteiger partial charge in [-0.3, -0.25) is 14.9 Å². The van der Waals surface area contributed by atoms with Crippen molar-refractivity contribution >= 4 is 17.3 Å². The predicted molar refractivity (Wildman–Crippen MR) is 76.1 cm³/mol. The van der Waals surface area contributed by atoms with Gasteiger partial charge in [-0.05, 0) is 26.0 Å². The molecule has 0 bridgehead atoms. The van der Waals surface area contributed by atoms with Gasteiger partial charge in [0.25, 0.3) is 11.6 Å². The molecular formula is C13H19N3O4. The minimum Gasteiger partial charge on any atom is -0.389 e. The molecule has 2 N–H and O–H groups in total. The summed E-state index contributed by atoms with van der Waals surface area (Å²) in [6, 6.07) is 4.26. The summed E-state index contributed by atoms with van der Waals surface area (Å²) < 4.78 is 0. The number of hydrogen-bond donors (Lipinski definition) is 2. The van der Waals surface area contributed by atoms with Crippen LogP contribution >= 0.6 is 0 Å². The van der Waals surface area contributed by atoms with Crippen LogP contribution < -0.4 is 10.2 Å². The van der Waals surface area contributed by atoms with E-state index >= 15 is 0 Å². The Bertz CT molecular complexity index is 523. The van der Waals surface area contributed by atoms with Crippen molar-refractivity contribution in [3.63, 3.8) is 0 Å². The third kappa shape index (κ3) is 3.92. The van der Waals surface area contributed by atoms with E-state index in [1.54, 1.807) is 25.8 Å². The van der Waals surface area contributed by atoms with E-state index in [-0.39, 0.29) is 23.7 Å². The number of likely N-dealkylation sites (N-methyl/N-ethyl adjacent to an activating group) is 1. The molecule has 0 atom stereocenters. The van der Waals surface area contributed by atoms with Crippen LogP contribution in [0.1, 0.15) is 24.2 Å². The number of rotatable bonds is 5. The van der Waals surface area contributed by atoms with Crippen molar-refractivity contribution in [2.45, 2.75) is 19.4 Å². The fourth-order valence-corrected chi connectivity index (χ4v) is 1.94. The fraction of sp³-hybridized carbons (Fsp3) is 0.462. The average Bonchev–Trinajstić information content (AvgIpc) is 2.34. The lowest BCUT2D eigenvalue weighted by molar-refractivity contribution is -0.384. The number of nitro groups is 1. The summed E-state index contributed by atoms with van der Waals surface area (Å²) in [5, 5.41) is 23.3. The van der Waals surface area contributed by atoms with Crippen molar-refractivity contribution in [1.82, 2.24) is 5.32 Å². The Morgan fingerprint density at radius 3 is 2.55 bits per heavy atom. The van der Waals surface area contributed by atoms with Gasteiger partial charge in [0.1, 0.15) is 5.69 Å². The first-order valence-corrected chi connectivity index (χ1v) is 6.10. The standard InChI is InChI=1S/C13H19N3O4/c1-13(2,18)8-15(4)10-6-5-9(12(17)14-3)7-11(10)16(19)20/h5-7,18H,8H2,1-4H3,(H,14,17). The van der Waals surface area contributed by atoms with Crippen molar-refractivity contribution in [3.8, 4) is 0 Å². The Balaban J connectivity index is 3.20. The highest BCUT2D eigenvalue weighted by Gasteiger charge is 2.23. The van der Waals surface area contributed by atoms with E-state index in [0.717, 1.165) is 0 Å². The molecule has 0 heterocycles. The Morgan fingerprint density at radius 1 is 1.50 bits per heavy atom. The average molecular weight is 281 g/mol. The van der Waals surface area contributed by atoms with Gasteiger partial charge in [0.2, 0.25) is 0 Å². The molecule has 0 aliphatic heterocycles. The SMILES string of the molecule is CNC(=O)c1ccc(N(C)CC(C)(C)O)c([N+](=O)[O-])c1. The zero-order valence-corrected chi connectivity index (χ0v) is 12.0. The van der Waals surface area contributed by atoms with Gasteiger partial charge in [-0.2, -0.15) is 0 Å². The van der Waals surface area contributed by atoms with Gasteiger partial charge in [-0.15, -0.1) is 0 Å². The van der Waals surface area contributed by atoms with Crippen LogP contribution in [0.2, 0.25) is 0 Å². The number of nitrogens with one attached hydrogen (secondary N) is 1. The molecule has 7 nitrogen and oxygen atoms in total. The summed E-state index contributed by atoms with van der Waals surface area (Å²) >= 11 is 0. The molecule has 20 heavy (non-hydrogen) atoms. The highest BCUT2D eigenvalue weighted by molar-refractivity contribution is 5.95. The lowest BCUT2D eigenvalue weighted by Crippen LogP contribution is -2.36. The van der Waals surface area contributed by atoms with Gasteiger partial charge in [0.15, 0.2) is 0 Å². The summed E-state index contributed by atoms with van der Waals surface area (Å²) in [5.41, 5.74) is -0.579. The van der Waals surface area contributed by atoms with Crippen LogP contribution in [0.3, 0.4) is 0 Å². The molecule has 7 heteroatoms. The number of anilines is 1. The van der Waals surface area contributed by atoms with Crippen LogP contribution in [0, 0.1) is 10.1 Å². The Hall–Kier alpha value is -2.15. The predicted octanol–water partition coefficient (Wildman–Crippen LogP) is 1.16. The van der Waals surface area contributed by atoms with Gasteiger partial charge >= 0.3 is 0 Å². The maximum Gasteiger partial charge on any atom is 0.293 e. The molecule has 0 saturated carbocycles. The maximum absolute atomic E-state index is 11.5. The Morgan fingerprint density at radius 2 is 2.10 bits per heavy atom. The maximum atomic E-state index is 11.5. The molecule has 1 rings (SSSR count). The topological polar surface area (TPSA) is 95.7 Å². The minimum absolute atomic E-state index is 0.169. The number of benzene rings is 1. The molecule has 110 valence electrons. The van der Waals surface area contributed by atoms with E-state index < -0.39 is 10.5 Å². The normalized spacial score (nSPS) is 11.1. The lowest BCUT2D eigenvalue weighted by Gasteiger charge is -2.27. The summed E-state index contributed by atoms with van der Waals surface area (Å²) in [6.45, 7) is 3.47. The van der Waals surface area contributed by atoms with Crippen LogP contribution in [0.4, 0.5) is 11.4 Å². The number of amides is 1. The highest BCUT2D eigenvalue weighted by atomic mass is 16.6. The van der Waals surface area contributed by atoms with Crippen LogP contribution in [-0.2, 0) is 0 Å². The van der Waals surface area contributed by atoms with E-state index in [2.05, 4.69) is 5.32 Å². The van der Waals surface area contributed by atoms with Crippen LogP contribution in [-0.4, -0.2) is 42.2 Å². The molecule has 0 aromatic heterocycles. The molecular weight excluding hydrogens is 262 g/mol. The summed E-state index contributed by atoms with van der Waals surface area (Å²) in [5.74, 6) is -0.384. The minimum atomic E-state index is -0.984. The van der Waals surface area contributed by atoms with Crippen molar-refractivity contribution in [2.75, 3.05) is 25.5 Å². The van der Waals surface area contributed by atoms with E-state index in [1.165, 1.54) is 25.2 Å². The molecule has 0 saturated heterocycles. The Labute approximate surface area is 117 Å². The second-order valence-electron chi connectivity index (χ2n) is 5.21. The van der Waals surface area contributed by atoms with Gasteiger partial charge in [-0.25, -0.2) is 0 Å². The van der Waals surface area contributed by atoms with Crippen LogP contribution in [0.5, 0.6) is 0 Å². The molecule has 0 aliphatic rings. The largest absolute Gasteiger partial charge is 0.389 e. The number of nitrogens with zero attached hydrogens (tertiary/aromatic N) is 2. The second kappa shape index (κ2) is 5.87. The molecule has 1 aromatic rings. The first kappa shape index (κ1) is 15.9. The molecule has 0 spiro atoms. The number of carbonyl (C=O) groups excluding carboxylic acids is 1. The van der Waals surface area contributed by atoms with Gasteiger partial charge in [0.05, 0.1) is 10.5 Å². The van der Waals surface area contributed by atoms with Crippen LogP contribution in [0.15, 0.2) is 18.2 Å². The van der Waals surface area contributed by atoms with Gasteiger partial charge in [0, 0.05) is 32.3 Å². The zero-order chi connectivity index (χ0) is 15.5. The van der Waals surface area contributed by atoms with Crippen molar-refractivity contribution in [1.29, 1.82) is 0 Å². The van der Waals surface area contributed by atoms with Gasteiger partial charge in [-0.1, -0.05) is 0 Å². The molecule has 1 amide bonds. The monoisotopic (exact) mass is 281 g/mol. The lowest BCUT2D eigenvalue weighted by atomic mass is 10.1. The van der Waals surface area contributed by atoms with Crippen molar-refractivity contribution in [2.24, 2.45) is 0 Å². The molecule has 0 fully saturated rings. The Kier molecular flexibility index (Phi) is 4.67. The van der Waals surface area contributed by atoms with E-state index in [0.29, 0.717) is 5.69 Å². The first-order chi connectivity index (χ1) is 9.15. The molecule has 0 unspecified atom stereocenters. The number of hydrogen-bond acceptors (Lipinski definition) is 5. The van der Waals surface area contributed by atoms with Crippen LogP contribution in [0.25, 0.3) is 0 Å². The van der Waals surface area contributed by atoms with Crippen molar-refractivity contribution < 1.29 is 14.8 Å². The summed E-state index contributed by atoms with van der Waals surface area (Å²) in [6.07, 6.45) is 0. The second-order valence-corrected chi connectivity index (χ2v) is 5.21. The highest BCUT2D eigenvalue weighted by Crippen LogP contribution is 2.29. The smallest absolute Gasteiger partial charge is 0.293 e. The number of carbonyl (C=O) groups is 1. The summed E-state index contributed by atoms with van der Waals surface area (Å²) in [4.78, 5) is 23.7. The fourth-order valence-electron chi connectivity index (χ4n) is 1.94. The van der Waals surface area contributed by atoms with E-state index in [4.69, 9.17) is 0 Å². The summed E-state index contributed by atoms with van der Waals surface area (Å²) in [7, 11) is 3.11. The van der Waals surface area contributed by atoms with E-state index in [1.807, 2.05) is 0 Å².